The van der Waals surface area contributed by atoms with Crippen LogP contribution in [0.3, 0.4) is 0 Å². The van der Waals surface area contributed by atoms with Crippen molar-refractivity contribution in [3.05, 3.63) is 71.4 Å². The van der Waals surface area contributed by atoms with Crippen LogP contribution < -0.4 is 10.7 Å². The van der Waals surface area contributed by atoms with Crippen molar-refractivity contribution in [2.24, 2.45) is 5.10 Å². The molecule has 0 aliphatic heterocycles. The lowest BCUT2D eigenvalue weighted by Gasteiger charge is -2.07. The summed E-state index contributed by atoms with van der Waals surface area (Å²) in [7, 11) is 0. The number of rotatable bonds is 9. The smallest absolute Gasteiger partial charge is 0.407 e. The van der Waals surface area contributed by atoms with Gasteiger partial charge in [-0.1, -0.05) is 48.5 Å². The highest BCUT2D eigenvalue weighted by molar-refractivity contribution is 6.01. The number of aromatic nitrogens is 1. The van der Waals surface area contributed by atoms with E-state index in [0.29, 0.717) is 6.61 Å². The number of para-hydroxylation sites is 1. The van der Waals surface area contributed by atoms with Crippen LogP contribution in [0.1, 0.15) is 23.7 Å². The first kappa shape index (κ1) is 23.5. The highest BCUT2D eigenvalue weighted by Gasteiger charge is 2.15. The molecule has 1 aromatic heterocycles. The van der Waals surface area contributed by atoms with Crippen LogP contribution in [-0.4, -0.2) is 41.9 Å². The molecule has 0 aliphatic rings. The summed E-state index contributed by atoms with van der Waals surface area (Å²) in [5.74, 6) is -0.834. The van der Waals surface area contributed by atoms with Crippen LogP contribution in [0.5, 0.6) is 0 Å². The number of carbonyl (C=O) groups is 3. The topological polar surface area (TPSA) is 111 Å². The molecule has 0 radical (unpaired) electrons. The van der Waals surface area contributed by atoms with Crippen LogP contribution in [0.4, 0.5) is 4.79 Å². The standard InChI is InChI=1S/C24H26N4O5/c1-3-32-23(30)15-28-17(2)20(19-11-7-8-12-21(19)28)13-26-27-22(29)14-25-24(31)33-16-18-9-5-4-6-10-18/h4-13H,3,14-16H2,1-2H3,(H,25,31)(H,27,29)/b26-13+. The van der Waals surface area contributed by atoms with E-state index >= 15 is 0 Å². The monoisotopic (exact) mass is 450 g/mol. The third-order valence-corrected chi connectivity index (χ3v) is 4.86. The molecule has 3 rings (SSSR count). The molecule has 0 saturated carbocycles. The van der Waals surface area contributed by atoms with Gasteiger partial charge in [0.15, 0.2) is 0 Å². The molecule has 33 heavy (non-hydrogen) atoms. The summed E-state index contributed by atoms with van der Waals surface area (Å²) in [6, 6.07) is 16.8. The van der Waals surface area contributed by atoms with Crippen molar-refractivity contribution in [2.45, 2.75) is 27.0 Å². The number of fused-ring (bicyclic) bond motifs is 1. The fraction of sp³-hybridized carbons (Fsp3) is 0.250. The number of alkyl carbamates (subject to hydrolysis) is 1. The molecule has 3 aromatic rings. The van der Waals surface area contributed by atoms with E-state index in [1.165, 1.54) is 6.21 Å². The van der Waals surface area contributed by atoms with E-state index in [-0.39, 0.29) is 25.7 Å². The molecule has 0 bridgehead atoms. The fourth-order valence-corrected chi connectivity index (χ4v) is 3.30. The summed E-state index contributed by atoms with van der Waals surface area (Å²) in [6.45, 7) is 3.85. The molecule has 172 valence electrons. The number of ether oxygens (including phenoxy) is 2. The minimum Gasteiger partial charge on any atom is -0.465 e. The van der Waals surface area contributed by atoms with Crippen LogP contribution in [0.25, 0.3) is 10.9 Å². The van der Waals surface area contributed by atoms with Crippen molar-refractivity contribution in [2.75, 3.05) is 13.2 Å². The van der Waals surface area contributed by atoms with Gasteiger partial charge in [0.25, 0.3) is 5.91 Å². The van der Waals surface area contributed by atoms with Gasteiger partial charge in [-0.15, -0.1) is 0 Å². The van der Waals surface area contributed by atoms with Crippen molar-refractivity contribution in [3.63, 3.8) is 0 Å². The second kappa shape index (κ2) is 11.5. The number of amides is 2. The Labute approximate surface area is 191 Å². The van der Waals surface area contributed by atoms with Crippen LogP contribution in [0, 0.1) is 6.92 Å². The van der Waals surface area contributed by atoms with Gasteiger partial charge in [-0.05, 0) is 25.5 Å². The van der Waals surface area contributed by atoms with Crippen LogP contribution in [0.2, 0.25) is 0 Å². The Balaban J connectivity index is 1.56. The maximum absolute atomic E-state index is 12.0. The lowest BCUT2D eigenvalue weighted by atomic mass is 10.1. The van der Waals surface area contributed by atoms with E-state index in [2.05, 4.69) is 15.8 Å². The Hall–Kier alpha value is -4.14. The van der Waals surface area contributed by atoms with Gasteiger partial charge >= 0.3 is 12.1 Å². The average molecular weight is 450 g/mol. The molecule has 9 nitrogen and oxygen atoms in total. The number of hydrogen-bond donors (Lipinski definition) is 2. The van der Waals surface area contributed by atoms with Gasteiger partial charge in [0.1, 0.15) is 19.7 Å². The largest absolute Gasteiger partial charge is 0.465 e. The van der Waals surface area contributed by atoms with Crippen molar-refractivity contribution < 1.29 is 23.9 Å². The predicted octanol–water partition coefficient (Wildman–Crippen LogP) is 2.89. The molecule has 9 heteroatoms. The third-order valence-electron chi connectivity index (χ3n) is 4.86. The number of carbonyl (C=O) groups excluding carboxylic acids is 3. The summed E-state index contributed by atoms with van der Waals surface area (Å²) < 4.78 is 12.0. The van der Waals surface area contributed by atoms with Crippen molar-refractivity contribution >= 4 is 35.1 Å². The number of benzene rings is 2. The van der Waals surface area contributed by atoms with Gasteiger partial charge in [0.05, 0.1) is 12.8 Å². The molecule has 0 atom stereocenters. The Kier molecular flexibility index (Phi) is 8.18. The first-order valence-electron chi connectivity index (χ1n) is 10.5. The van der Waals surface area contributed by atoms with Gasteiger partial charge in [0.2, 0.25) is 0 Å². The third kappa shape index (κ3) is 6.42. The maximum atomic E-state index is 12.0. The van der Waals surface area contributed by atoms with E-state index in [1.54, 1.807) is 6.92 Å². The first-order valence-corrected chi connectivity index (χ1v) is 10.5. The highest BCUT2D eigenvalue weighted by atomic mass is 16.5. The molecule has 0 fully saturated rings. The summed E-state index contributed by atoms with van der Waals surface area (Å²) in [6.07, 6.45) is 0.821. The number of esters is 1. The quantitative estimate of drug-likeness (QED) is 0.296. The highest BCUT2D eigenvalue weighted by Crippen LogP contribution is 2.24. The second-order valence-electron chi connectivity index (χ2n) is 7.12. The molecule has 0 unspecified atom stereocenters. The Morgan fingerprint density at radius 3 is 2.52 bits per heavy atom. The fourth-order valence-electron chi connectivity index (χ4n) is 3.30. The Bertz CT molecular complexity index is 1150. The van der Waals surface area contributed by atoms with Crippen molar-refractivity contribution in [1.82, 2.24) is 15.3 Å². The zero-order chi connectivity index (χ0) is 23.6. The van der Waals surface area contributed by atoms with Gasteiger partial charge < -0.3 is 19.4 Å². The average Bonchev–Trinajstić information content (AvgIpc) is 3.08. The predicted molar refractivity (Wildman–Crippen MR) is 124 cm³/mol. The molecular formula is C24H26N4O5. The number of nitrogens with one attached hydrogen (secondary N) is 2. The number of nitrogens with zero attached hydrogens (tertiary/aromatic N) is 2. The van der Waals surface area contributed by atoms with Crippen molar-refractivity contribution in [1.29, 1.82) is 0 Å². The molecule has 2 N–H and O–H groups in total. The molecule has 1 heterocycles. The molecular weight excluding hydrogens is 424 g/mol. The van der Waals surface area contributed by atoms with Gasteiger partial charge in [-0.2, -0.15) is 5.10 Å². The molecule has 2 amide bonds. The van der Waals surface area contributed by atoms with E-state index in [4.69, 9.17) is 9.47 Å². The maximum Gasteiger partial charge on any atom is 0.407 e. The van der Waals surface area contributed by atoms with Crippen LogP contribution in [0.15, 0.2) is 59.7 Å². The lowest BCUT2D eigenvalue weighted by molar-refractivity contribution is -0.143. The Morgan fingerprint density at radius 1 is 1.03 bits per heavy atom. The van der Waals surface area contributed by atoms with E-state index in [0.717, 1.165) is 27.7 Å². The van der Waals surface area contributed by atoms with Gasteiger partial charge in [-0.25, -0.2) is 10.2 Å². The number of hydrogen-bond acceptors (Lipinski definition) is 6. The first-order chi connectivity index (χ1) is 16.0. The SMILES string of the molecule is CCOC(=O)Cn1c(C)c(/C=N/NC(=O)CNC(=O)OCc2ccccc2)c2ccccc21. The minimum absolute atomic E-state index is 0.0788. The zero-order valence-electron chi connectivity index (χ0n) is 18.5. The van der Waals surface area contributed by atoms with Gasteiger partial charge in [-0.3, -0.25) is 9.59 Å². The van der Waals surface area contributed by atoms with Crippen LogP contribution in [-0.2, 0) is 32.2 Å². The Morgan fingerprint density at radius 2 is 1.76 bits per heavy atom. The minimum atomic E-state index is -0.698. The van der Waals surface area contributed by atoms with Crippen molar-refractivity contribution in [3.8, 4) is 0 Å². The lowest BCUT2D eigenvalue weighted by Crippen LogP contribution is -2.35. The molecule has 0 aliphatic carbocycles. The number of hydrazone groups is 1. The molecule has 0 spiro atoms. The second-order valence-corrected chi connectivity index (χ2v) is 7.12. The van der Waals surface area contributed by atoms with E-state index in [1.807, 2.05) is 66.1 Å². The summed E-state index contributed by atoms with van der Waals surface area (Å²) in [5.41, 5.74) is 5.67. The zero-order valence-corrected chi connectivity index (χ0v) is 18.5. The summed E-state index contributed by atoms with van der Waals surface area (Å²) in [5, 5.41) is 7.27. The van der Waals surface area contributed by atoms with E-state index in [9.17, 15) is 14.4 Å². The summed E-state index contributed by atoms with van der Waals surface area (Å²) in [4.78, 5) is 35.8. The van der Waals surface area contributed by atoms with Crippen LogP contribution >= 0.6 is 0 Å². The normalized spacial score (nSPS) is 10.8. The molecule has 0 saturated heterocycles. The van der Waals surface area contributed by atoms with Gasteiger partial charge in [0, 0.05) is 22.2 Å². The summed E-state index contributed by atoms with van der Waals surface area (Å²) >= 11 is 0. The molecule has 2 aromatic carbocycles. The van der Waals surface area contributed by atoms with E-state index < -0.39 is 12.0 Å².